The highest BCUT2D eigenvalue weighted by Crippen LogP contribution is 2.22. The lowest BCUT2D eigenvalue weighted by atomic mass is 10.2. The molecule has 1 aromatic rings. The standard InChI is InChI=1S/C9H9ClN2O3/c1-11(2)9(13)7-5-6(12(14)15)3-4-8(7)10/h3-5H,1-2H3. The number of carbonyl (C=O) groups is 1. The molecule has 1 amide bonds. The van der Waals surface area contributed by atoms with E-state index in [-0.39, 0.29) is 22.2 Å². The Kier molecular flexibility index (Phi) is 3.26. The summed E-state index contributed by atoms with van der Waals surface area (Å²) in [6, 6.07) is 3.77. The van der Waals surface area contributed by atoms with Gasteiger partial charge in [0.1, 0.15) is 0 Å². The van der Waals surface area contributed by atoms with Gasteiger partial charge >= 0.3 is 0 Å². The average molecular weight is 229 g/mol. The van der Waals surface area contributed by atoms with Crippen molar-refractivity contribution in [3.8, 4) is 0 Å². The third-order valence-electron chi connectivity index (χ3n) is 1.80. The molecule has 1 aromatic carbocycles. The van der Waals surface area contributed by atoms with Gasteiger partial charge in [-0.15, -0.1) is 0 Å². The van der Waals surface area contributed by atoms with Gasteiger partial charge in [0, 0.05) is 26.2 Å². The van der Waals surface area contributed by atoms with Crippen molar-refractivity contribution in [2.45, 2.75) is 0 Å². The first kappa shape index (κ1) is 11.5. The summed E-state index contributed by atoms with van der Waals surface area (Å²) in [5, 5.41) is 10.7. The van der Waals surface area contributed by atoms with Crippen molar-refractivity contribution >= 4 is 23.2 Å². The summed E-state index contributed by atoms with van der Waals surface area (Å²) in [4.78, 5) is 22.8. The van der Waals surface area contributed by atoms with Crippen molar-refractivity contribution in [2.75, 3.05) is 14.1 Å². The largest absolute Gasteiger partial charge is 0.345 e. The second-order valence-electron chi connectivity index (χ2n) is 3.12. The van der Waals surface area contributed by atoms with Gasteiger partial charge in [-0.3, -0.25) is 14.9 Å². The molecule has 0 atom stereocenters. The first-order valence-corrected chi connectivity index (χ1v) is 4.47. The van der Waals surface area contributed by atoms with Gasteiger partial charge in [0.05, 0.1) is 15.5 Å². The van der Waals surface area contributed by atoms with Gasteiger partial charge in [-0.25, -0.2) is 0 Å². The monoisotopic (exact) mass is 228 g/mol. The maximum atomic E-state index is 11.6. The second kappa shape index (κ2) is 4.27. The number of nitro groups is 1. The molecule has 0 aliphatic heterocycles. The Bertz CT molecular complexity index is 418. The zero-order chi connectivity index (χ0) is 11.6. The molecular formula is C9H9ClN2O3. The highest BCUT2D eigenvalue weighted by molar-refractivity contribution is 6.33. The molecule has 0 heterocycles. The third kappa shape index (κ3) is 2.44. The molecule has 0 aromatic heterocycles. The quantitative estimate of drug-likeness (QED) is 0.574. The fourth-order valence-corrected chi connectivity index (χ4v) is 1.23. The summed E-state index contributed by atoms with van der Waals surface area (Å²) < 4.78 is 0. The molecule has 0 radical (unpaired) electrons. The maximum Gasteiger partial charge on any atom is 0.270 e. The predicted molar refractivity (Wildman–Crippen MR) is 56.1 cm³/mol. The van der Waals surface area contributed by atoms with E-state index >= 15 is 0 Å². The van der Waals surface area contributed by atoms with Crippen molar-refractivity contribution < 1.29 is 9.72 Å². The van der Waals surface area contributed by atoms with Crippen molar-refractivity contribution in [3.63, 3.8) is 0 Å². The SMILES string of the molecule is CN(C)C(=O)c1cc([N+](=O)[O-])ccc1Cl. The Morgan fingerprint density at radius 1 is 1.47 bits per heavy atom. The molecule has 0 spiro atoms. The van der Waals surface area contributed by atoms with Gasteiger partial charge in [0.25, 0.3) is 11.6 Å². The van der Waals surface area contributed by atoms with E-state index in [2.05, 4.69) is 0 Å². The molecule has 6 heteroatoms. The van der Waals surface area contributed by atoms with Gasteiger partial charge in [0.15, 0.2) is 0 Å². The Hall–Kier alpha value is -1.62. The minimum atomic E-state index is -0.567. The zero-order valence-corrected chi connectivity index (χ0v) is 8.99. The van der Waals surface area contributed by atoms with Gasteiger partial charge in [-0.05, 0) is 6.07 Å². The van der Waals surface area contributed by atoms with Crippen LogP contribution in [0.2, 0.25) is 5.02 Å². The highest BCUT2D eigenvalue weighted by atomic mass is 35.5. The lowest BCUT2D eigenvalue weighted by Crippen LogP contribution is -2.22. The number of halogens is 1. The van der Waals surface area contributed by atoms with E-state index in [1.807, 2.05) is 0 Å². The van der Waals surface area contributed by atoms with Gasteiger partial charge in [0.2, 0.25) is 0 Å². The molecule has 0 bridgehead atoms. The van der Waals surface area contributed by atoms with Crippen molar-refractivity contribution in [2.24, 2.45) is 0 Å². The van der Waals surface area contributed by atoms with Crippen molar-refractivity contribution in [1.29, 1.82) is 0 Å². The minimum Gasteiger partial charge on any atom is -0.345 e. The van der Waals surface area contributed by atoms with E-state index in [9.17, 15) is 14.9 Å². The molecule has 5 nitrogen and oxygen atoms in total. The van der Waals surface area contributed by atoms with Crippen LogP contribution in [-0.2, 0) is 0 Å². The van der Waals surface area contributed by atoms with Crippen LogP contribution in [0, 0.1) is 10.1 Å². The number of nitro benzene ring substituents is 1. The number of amides is 1. The first-order chi connectivity index (χ1) is 6.93. The zero-order valence-electron chi connectivity index (χ0n) is 8.23. The average Bonchev–Trinajstić information content (AvgIpc) is 2.16. The van der Waals surface area contributed by atoms with Gasteiger partial charge in [-0.1, -0.05) is 11.6 Å². The van der Waals surface area contributed by atoms with Crippen LogP contribution in [0.4, 0.5) is 5.69 Å². The Morgan fingerprint density at radius 2 is 2.07 bits per heavy atom. The number of hydrogen-bond donors (Lipinski definition) is 0. The van der Waals surface area contributed by atoms with Crippen LogP contribution in [0.1, 0.15) is 10.4 Å². The number of non-ortho nitro benzene ring substituents is 1. The molecule has 0 aliphatic carbocycles. The number of benzene rings is 1. The summed E-state index contributed by atoms with van der Waals surface area (Å²) in [6.45, 7) is 0. The lowest BCUT2D eigenvalue weighted by molar-refractivity contribution is -0.384. The summed E-state index contributed by atoms with van der Waals surface area (Å²) >= 11 is 5.77. The summed E-state index contributed by atoms with van der Waals surface area (Å²) in [5.74, 6) is -0.358. The Morgan fingerprint density at radius 3 is 2.53 bits per heavy atom. The first-order valence-electron chi connectivity index (χ1n) is 4.09. The smallest absolute Gasteiger partial charge is 0.270 e. The van der Waals surface area contributed by atoms with E-state index in [1.54, 1.807) is 14.1 Å². The third-order valence-corrected chi connectivity index (χ3v) is 2.13. The van der Waals surface area contributed by atoms with E-state index in [4.69, 9.17) is 11.6 Å². The fourth-order valence-electron chi connectivity index (χ4n) is 1.03. The topological polar surface area (TPSA) is 63.5 Å². The summed E-state index contributed by atoms with van der Waals surface area (Å²) in [5.41, 5.74) is -0.0135. The highest BCUT2D eigenvalue weighted by Gasteiger charge is 2.16. The Balaban J connectivity index is 3.22. The maximum absolute atomic E-state index is 11.6. The van der Waals surface area contributed by atoms with E-state index in [1.165, 1.54) is 23.1 Å². The number of hydrogen-bond acceptors (Lipinski definition) is 3. The van der Waals surface area contributed by atoms with Crippen LogP contribution in [0.25, 0.3) is 0 Å². The van der Waals surface area contributed by atoms with Gasteiger partial charge in [-0.2, -0.15) is 0 Å². The molecule has 0 saturated carbocycles. The number of carbonyl (C=O) groups excluding carboxylic acids is 1. The second-order valence-corrected chi connectivity index (χ2v) is 3.53. The van der Waals surface area contributed by atoms with Crippen LogP contribution in [-0.4, -0.2) is 29.8 Å². The molecule has 0 unspecified atom stereocenters. The summed E-state index contributed by atoms with van der Waals surface area (Å²) in [6.07, 6.45) is 0. The van der Waals surface area contributed by atoms with E-state index in [0.717, 1.165) is 0 Å². The molecule has 0 aliphatic rings. The predicted octanol–water partition coefficient (Wildman–Crippen LogP) is 1.95. The number of nitrogens with zero attached hydrogens (tertiary/aromatic N) is 2. The van der Waals surface area contributed by atoms with Crippen molar-refractivity contribution in [1.82, 2.24) is 4.90 Å². The molecule has 0 fully saturated rings. The van der Waals surface area contributed by atoms with Gasteiger partial charge < -0.3 is 4.90 Å². The molecular weight excluding hydrogens is 220 g/mol. The van der Waals surface area contributed by atoms with Crippen LogP contribution in [0.15, 0.2) is 18.2 Å². The van der Waals surface area contributed by atoms with Crippen LogP contribution < -0.4 is 0 Å². The molecule has 15 heavy (non-hydrogen) atoms. The fraction of sp³-hybridized carbons (Fsp3) is 0.222. The van der Waals surface area contributed by atoms with E-state index < -0.39 is 4.92 Å². The summed E-state index contributed by atoms with van der Waals surface area (Å²) in [7, 11) is 3.11. The Labute approximate surface area is 91.4 Å². The molecule has 0 saturated heterocycles. The minimum absolute atomic E-state index is 0.135. The van der Waals surface area contributed by atoms with E-state index in [0.29, 0.717) is 0 Å². The molecule has 0 N–H and O–H groups in total. The van der Waals surface area contributed by atoms with Crippen LogP contribution in [0.3, 0.4) is 0 Å². The molecule has 1 rings (SSSR count). The van der Waals surface area contributed by atoms with Crippen LogP contribution in [0.5, 0.6) is 0 Å². The number of rotatable bonds is 2. The van der Waals surface area contributed by atoms with Crippen molar-refractivity contribution in [3.05, 3.63) is 38.9 Å². The lowest BCUT2D eigenvalue weighted by Gasteiger charge is -2.10. The van der Waals surface area contributed by atoms with Crippen LogP contribution >= 0.6 is 11.6 Å². The normalized spacial score (nSPS) is 9.80. The molecule has 80 valence electrons.